The normalized spacial score (nSPS) is 22.8. The summed E-state index contributed by atoms with van der Waals surface area (Å²) in [6.07, 6.45) is 0.0454. The van der Waals surface area contributed by atoms with Crippen LogP contribution in [0.4, 0.5) is 27.6 Å². The summed E-state index contributed by atoms with van der Waals surface area (Å²) in [5.74, 6) is -4.18. The molecule has 1 heterocycles. The number of benzene rings is 1. The molecule has 1 aromatic rings. The van der Waals surface area contributed by atoms with Crippen LogP contribution in [0.3, 0.4) is 0 Å². The van der Waals surface area contributed by atoms with E-state index < -0.39 is 29.1 Å². The topological polar surface area (TPSA) is 75.4 Å². The largest absolute Gasteiger partial charge is 0.416 e. The predicted molar refractivity (Wildman–Crippen MR) is 113 cm³/mol. The molecule has 10 heteroatoms. The van der Waals surface area contributed by atoms with Gasteiger partial charge < -0.3 is 16.0 Å². The van der Waals surface area contributed by atoms with E-state index in [1.165, 1.54) is 0 Å². The van der Waals surface area contributed by atoms with Crippen LogP contribution in [0, 0.1) is 11.8 Å². The number of nitrogens with zero attached hydrogens (tertiary/aromatic N) is 1. The van der Waals surface area contributed by atoms with Gasteiger partial charge in [-0.1, -0.05) is 12.8 Å². The lowest BCUT2D eigenvalue weighted by molar-refractivity contribution is -0.139. The molecule has 2 unspecified atom stereocenters. The number of nitrogens with two attached hydrogens (primary N) is 1. The number of piperidine rings is 1. The number of carbonyl (C=O) groups is 2. The van der Waals surface area contributed by atoms with Crippen molar-refractivity contribution in [1.82, 2.24) is 4.90 Å². The molecule has 33 heavy (non-hydrogen) atoms. The van der Waals surface area contributed by atoms with Gasteiger partial charge in [0.2, 0.25) is 11.8 Å². The van der Waals surface area contributed by atoms with Gasteiger partial charge in [-0.05, 0) is 49.8 Å². The number of anilines is 1. The first kappa shape index (κ1) is 25.4. The molecule has 1 aromatic carbocycles. The lowest BCUT2D eigenvalue weighted by Crippen LogP contribution is -2.48. The van der Waals surface area contributed by atoms with Gasteiger partial charge in [0.15, 0.2) is 0 Å². The maximum atomic E-state index is 13.7. The van der Waals surface area contributed by atoms with Crippen molar-refractivity contribution in [3.8, 4) is 0 Å². The van der Waals surface area contributed by atoms with Crippen LogP contribution in [0.2, 0.25) is 0 Å². The molecule has 0 radical (unpaired) electrons. The van der Waals surface area contributed by atoms with Crippen molar-refractivity contribution in [3.05, 3.63) is 29.3 Å². The van der Waals surface area contributed by atoms with Crippen LogP contribution >= 0.6 is 0 Å². The Morgan fingerprint density at radius 3 is 2.18 bits per heavy atom. The number of likely N-dealkylation sites (tertiary alicyclic amines) is 1. The Hall–Kier alpha value is -2.23. The second-order valence-corrected chi connectivity index (χ2v) is 9.26. The Bertz CT molecular complexity index is 828. The standard InChI is InChI=1S/C23H30F5N3O2/c1-22(24,25)15-11-16(23(26,27)28)13-17(12-15)30-20(32)10-14-6-8-31(9-7-14)21(33)18-4-2-3-5-19(18)29/h11-14,18-19H,2-10,29H2,1H3,(H,30,32). The van der Waals surface area contributed by atoms with Crippen molar-refractivity contribution in [2.24, 2.45) is 17.6 Å². The summed E-state index contributed by atoms with van der Waals surface area (Å²) in [5, 5.41) is 2.34. The third-order valence-corrected chi connectivity index (χ3v) is 6.59. The average Bonchev–Trinajstić information content (AvgIpc) is 2.72. The molecule has 2 fully saturated rings. The number of carbonyl (C=O) groups excluding carboxylic acids is 2. The molecule has 3 N–H and O–H groups in total. The van der Waals surface area contributed by atoms with Crippen molar-refractivity contribution < 1.29 is 31.5 Å². The predicted octanol–water partition coefficient (Wildman–Crippen LogP) is 4.90. The fourth-order valence-electron chi connectivity index (χ4n) is 4.65. The molecule has 184 valence electrons. The molecule has 1 saturated heterocycles. The highest BCUT2D eigenvalue weighted by molar-refractivity contribution is 5.91. The number of rotatable bonds is 5. The molecule has 2 atom stereocenters. The maximum Gasteiger partial charge on any atom is 0.416 e. The number of amides is 2. The van der Waals surface area contributed by atoms with Gasteiger partial charge in [-0.2, -0.15) is 13.2 Å². The zero-order valence-corrected chi connectivity index (χ0v) is 18.6. The zero-order chi connectivity index (χ0) is 24.4. The van der Waals surface area contributed by atoms with Crippen LogP contribution in [0.1, 0.15) is 63.0 Å². The number of alkyl halides is 5. The summed E-state index contributed by atoms with van der Waals surface area (Å²) < 4.78 is 66.6. The minimum absolute atomic E-state index is 0.0407. The van der Waals surface area contributed by atoms with Crippen LogP contribution in [-0.4, -0.2) is 35.8 Å². The monoisotopic (exact) mass is 475 g/mol. The van der Waals surface area contributed by atoms with Gasteiger partial charge in [0.05, 0.1) is 11.5 Å². The van der Waals surface area contributed by atoms with E-state index in [0.717, 1.165) is 31.7 Å². The van der Waals surface area contributed by atoms with E-state index in [2.05, 4.69) is 5.32 Å². The Morgan fingerprint density at radius 2 is 1.61 bits per heavy atom. The van der Waals surface area contributed by atoms with Crippen molar-refractivity contribution in [2.45, 2.75) is 70.0 Å². The summed E-state index contributed by atoms with van der Waals surface area (Å²) in [4.78, 5) is 27.0. The van der Waals surface area contributed by atoms with Crippen LogP contribution < -0.4 is 11.1 Å². The maximum absolute atomic E-state index is 13.7. The van der Waals surface area contributed by atoms with E-state index in [9.17, 15) is 31.5 Å². The number of halogens is 5. The number of hydrogen-bond donors (Lipinski definition) is 2. The molecule has 3 rings (SSSR count). The molecule has 5 nitrogen and oxygen atoms in total. The van der Waals surface area contributed by atoms with E-state index in [0.29, 0.717) is 45.0 Å². The fraction of sp³-hybridized carbons (Fsp3) is 0.652. The first-order valence-corrected chi connectivity index (χ1v) is 11.3. The van der Waals surface area contributed by atoms with E-state index in [4.69, 9.17) is 5.73 Å². The Balaban J connectivity index is 1.57. The van der Waals surface area contributed by atoms with Crippen molar-refractivity contribution >= 4 is 17.5 Å². The first-order chi connectivity index (χ1) is 15.3. The highest BCUT2D eigenvalue weighted by atomic mass is 19.4. The van der Waals surface area contributed by atoms with Crippen molar-refractivity contribution in [1.29, 1.82) is 0 Å². The molecular formula is C23H30F5N3O2. The van der Waals surface area contributed by atoms with Crippen LogP contribution in [0.25, 0.3) is 0 Å². The van der Waals surface area contributed by atoms with Crippen LogP contribution in [0.15, 0.2) is 18.2 Å². The van der Waals surface area contributed by atoms with Crippen LogP contribution in [0.5, 0.6) is 0 Å². The summed E-state index contributed by atoms with van der Waals surface area (Å²) in [7, 11) is 0. The van der Waals surface area contributed by atoms with Gasteiger partial charge in [-0.15, -0.1) is 0 Å². The highest BCUT2D eigenvalue weighted by Gasteiger charge is 2.36. The molecular weight excluding hydrogens is 445 g/mol. The van der Waals surface area contributed by atoms with Gasteiger partial charge in [0, 0.05) is 43.7 Å². The number of hydrogen-bond acceptors (Lipinski definition) is 3. The Kier molecular flexibility index (Phi) is 7.65. The van der Waals surface area contributed by atoms with Crippen LogP contribution in [-0.2, 0) is 21.7 Å². The molecule has 0 spiro atoms. The minimum Gasteiger partial charge on any atom is -0.342 e. The summed E-state index contributed by atoms with van der Waals surface area (Å²) >= 11 is 0. The molecule has 1 aliphatic heterocycles. The number of nitrogens with one attached hydrogen (secondary N) is 1. The van der Waals surface area contributed by atoms with Gasteiger partial charge >= 0.3 is 6.18 Å². The fourth-order valence-corrected chi connectivity index (χ4v) is 4.65. The van der Waals surface area contributed by atoms with Gasteiger partial charge in [0.25, 0.3) is 5.92 Å². The Morgan fingerprint density at radius 1 is 1.00 bits per heavy atom. The second-order valence-electron chi connectivity index (χ2n) is 9.26. The lowest BCUT2D eigenvalue weighted by atomic mass is 9.83. The van der Waals surface area contributed by atoms with E-state index in [1.807, 2.05) is 0 Å². The summed E-state index contributed by atoms with van der Waals surface area (Å²) in [6, 6.07) is 1.78. The van der Waals surface area contributed by atoms with E-state index in [-0.39, 0.29) is 35.9 Å². The van der Waals surface area contributed by atoms with Gasteiger partial charge in [-0.25, -0.2) is 8.78 Å². The molecule has 0 bridgehead atoms. The second kappa shape index (κ2) is 9.95. The first-order valence-electron chi connectivity index (χ1n) is 11.3. The lowest BCUT2D eigenvalue weighted by Gasteiger charge is -2.37. The smallest absolute Gasteiger partial charge is 0.342 e. The summed E-state index contributed by atoms with van der Waals surface area (Å²) in [5.41, 5.74) is 3.73. The molecule has 1 saturated carbocycles. The average molecular weight is 476 g/mol. The van der Waals surface area contributed by atoms with Gasteiger partial charge in [0.1, 0.15) is 0 Å². The molecule has 2 aliphatic rings. The molecule has 2 amide bonds. The zero-order valence-electron chi connectivity index (χ0n) is 18.6. The van der Waals surface area contributed by atoms with E-state index in [1.54, 1.807) is 4.90 Å². The third-order valence-electron chi connectivity index (χ3n) is 6.59. The van der Waals surface area contributed by atoms with E-state index >= 15 is 0 Å². The highest BCUT2D eigenvalue weighted by Crippen LogP contribution is 2.37. The SMILES string of the molecule is CC(F)(F)c1cc(NC(=O)CC2CCN(C(=O)C3CCCCC3N)CC2)cc(C(F)(F)F)c1. The third kappa shape index (κ3) is 6.65. The Labute approximate surface area is 189 Å². The molecule has 0 aromatic heterocycles. The molecule has 1 aliphatic carbocycles. The van der Waals surface area contributed by atoms with Crippen molar-refractivity contribution in [2.75, 3.05) is 18.4 Å². The summed E-state index contributed by atoms with van der Waals surface area (Å²) in [6.45, 7) is 1.49. The minimum atomic E-state index is -4.82. The quantitative estimate of drug-likeness (QED) is 0.595. The van der Waals surface area contributed by atoms with Crippen molar-refractivity contribution in [3.63, 3.8) is 0 Å². The van der Waals surface area contributed by atoms with Gasteiger partial charge in [-0.3, -0.25) is 9.59 Å².